The predicted octanol–water partition coefficient (Wildman–Crippen LogP) is 2.96. The molecule has 1 aromatic carbocycles. The summed E-state index contributed by atoms with van der Waals surface area (Å²) in [6, 6.07) is 6.27. The van der Waals surface area contributed by atoms with E-state index in [1.807, 2.05) is 0 Å². The Balaban J connectivity index is 1.65. The van der Waals surface area contributed by atoms with Crippen LogP contribution < -0.4 is 10.1 Å². The van der Waals surface area contributed by atoms with Gasteiger partial charge in [0.1, 0.15) is 5.75 Å². The second-order valence-corrected chi connectivity index (χ2v) is 7.25. The topological polar surface area (TPSA) is 115 Å². The average Bonchev–Trinajstić information content (AvgIpc) is 3.29. The number of hydrogen-bond donors (Lipinski definition) is 1. The number of aromatic nitrogens is 2. The molecule has 0 bridgehead atoms. The van der Waals surface area contributed by atoms with Gasteiger partial charge in [-0.1, -0.05) is 28.6 Å². The lowest BCUT2D eigenvalue weighted by molar-refractivity contribution is -0.138. The smallest absolute Gasteiger partial charge is 0.445 e. The zero-order chi connectivity index (χ0) is 21.7. The van der Waals surface area contributed by atoms with Gasteiger partial charge in [0.2, 0.25) is 5.01 Å². The van der Waals surface area contributed by atoms with E-state index in [-0.39, 0.29) is 32.4 Å². The van der Waals surface area contributed by atoms with Crippen molar-refractivity contribution >= 4 is 46.4 Å². The molecule has 1 amide bonds. The number of nitrogens with one attached hydrogen (secondary N) is 1. The van der Waals surface area contributed by atoms with Crippen molar-refractivity contribution in [3.63, 3.8) is 0 Å². The minimum atomic E-state index is -4.59. The fourth-order valence-corrected chi connectivity index (χ4v) is 3.24. The summed E-state index contributed by atoms with van der Waals surface area (Å²) >= 11 is 1.19. The largest absolute Gasteiger partial charge is 0.466 e. The number of benzene rings is 1. The highest BCUT2D eigenvalue weighted by Gasteiger charge is 2.36. The highest BCUT2D eigenvalue weighted by Crippen LogP contribution is 2.35. The van der Waals surface area contributed by atoms with Crippen LogP contribution >= 0.6 is 23.1 Å². The van der Waals surface area contributed by atoms with Crippen LogP contribution in [0.15, 0.2) is 45.4 Å². The molecule has 1 aromatic heterocycles. The summed E-state index contributed by atoms with van der Waals surface area (Å²) in [5.74, 6) is -0.958. The highest BCUT2D eigenvalue weighted by molar-refractivity contribution is 8.18. The van der Waals surface area contributed by atoms with Crippen molar-refractivity contribution in [2.75, 3.05) is 7.11 Å². The molecule has 0 spiro atoms. The van der Waals surface area contributed by atoms with Gasteiger partial charge in [-0.25, -0.2) is 4.79 Å². The van der Waals surface area contributed by atoms with E-state index in [0.717, 1.165) is 17.8 Å². The average molecular weight is 457 g/mol. The number of nitrogens with zero attached hydrogens (tertiary/aromatic N) is 4. The Kier molecular flexibility index (Phi) is 6.47. The van der Waals surface area contributed by atoms with Gasteiger partial charge in [-0.2, -0.15) is 18.3 Å². The van der Waals surface area contributed by atoms with Gasteiger partial charge in [-0.15, -0.1) is 10.2 Å². The first-order valence-electron chi connectivity index (χ1n) is 7.83. The van der Waals surface area contributed by atoms with Gasteiger partial charge < -0.3 is 9.47 Å². The van der Waals surface area contributed by atoms with Gasteiger partial charge in [0.25, 0.3) is 11.1 Å². The van der Waals surface area contributed by atoms with E-state index >= 15 is 0 Å². The number of amidine groups is 1. The van der Waals surface area contributed by atoms with E-state index in [1.54, 1.807) is 12.1 Å². The molecule has 0 aliphatic carbocycles. The Bertz CT molecular complexity index is 1070. The molecule has 0 atom stereocenters. The maximum atomic E-state index is 12.6. The molecule has 14 heteroatoms. The minimum absolute atomic E-state index is 0.112. The van der Waals surface area contributed by atoms with Gasteiger partial charge in [-0.05, 0) is 29.5 Å². The van der Waals surface area contributed by atoms with E-state index < -0.39 is 23.1 Å². The zero-order valence-electron chi connectivity index (χ0n) is 14.8. The number of methoxy groups -OCH3 is 1. The van der Waals surface area contributed by atoms with Crippen molar-refractivity contribution in [1.29, 1.82) is 0 Å². The Labute approximate surface area is 174 Å². The summed E-state index contributed by atoms with van der Waals surface area (Å²) in [6.07, 6.45) is -2.22. The number of alkyl halides is 3. The van der Waals surface area contributed by atoms with Gasteiger partial charge in [0.15, 0.2) is 5.17 Å². The molecule has 2 aromatic rings. The molecule has 2 heterocycles. The fraction of sp³-hybridized carbons (Fsp3) is 0.125. The van der Waals surface area contributed by atoms with E-state index in [2.05, 4.69) is 30.5 Å². The van der Waals surface area contributed by atoms with Gasteiger partial charge >= 0.3 is 12.1 Å². The van der Waals surface area contributed by atoms with Crippen LogP contribution in [-0.2, 0) is 20.5 Å². The third-order valence-corrected chi connectivity index (χ3v) is 4.91. The monoisotopic (exact) mass is 457 g/mol. The van der Waals surface area contributed by atoms with Crippen molar-refractivity contribution in [3.8, 4) is 10.9 Å². The molecule has 156 valence electrons. The molecule has 1 N–H and O–H groups in total. The normalized spacial score (nSPS) is 17.0. The summed E-state index contributed by atoms with van der Waals surface area (Å²) in [7, 11) is 1.19. The van der Waals surface area contributed by atoms with Crippen LogP contribution in [0.1, 0.15) is 10.6 Å². The second-order valence-electron chi connectivity index (χ2n) is 5.28. The SMILES string of the molecule is COC(=O)/C=C1/S/C(=N\N=Cc2cccc(Oc3nnc(C(F)(F)F)s3)c2)NC1=O. The molecule has 0 saturated carbocycles. The first-order chi connectivity index (χ1) is 14.2. The number of rotatable bonds is 5. The Morgan fingerprint density at radius 2 is 2.10 bits per heavy atom. The maximum absolute atomic E-state index is 12.6. The van der Waals surface area contributed by atoms with Crippen LogP contribution in [0.4, 0.5) is 13.2 Å². The quantitative estimate of drug-likeness (QED) is 0.318. The van der Waals surface area contributed by atoms with E-state index in [4.69, 9.17) is 4.74 Å². The molecular weight excluding hydrogens is 447 g/mol. The lowest BCUT2D eigenvalue weighted by Crippen LogP contribution is -2.19. The standard InChI is InChI=1S/C16H10F3N5O4S2/c1-27-11(25)6-10-12(26)21-14(29-10)23-20-7-8-3-2-4-9(5-8)28-15-24-22-13(30-15)16(17,18)19/h2-7H,1H3,(H,21,23,26)/b10-6+,20-7?. The van der Waals surface area contributed by atoms with Crippen LogP contribution in [0, 0.1) is 0 Å². The van der Waals surface area contributed by atoms with Crippen LogP contribution in [0.25, 0.3) is 0 Å². The van der Waals surface area contributed by atoms with Crippen molar-refractivity contribution in [1.82, 2.24) is 15.5 Å². The third-order valence-electron chi connectivity index (χ3n) is 3.17. The van der Waals surface area contributed by atoms with E-state index in [1.165, 1.54) is 25.5 Å². The van der Waals surface area contributed by atoms with Crippen molar-refractivity contribution < 1.29 is 32.2 Å². The van der Waals surface area contributed by atoms with Crippen LogP contribution in [0.2, 0.25) is 0 Å². The summed E-state index contributed by atoms with van der Waals surface area (Å²) in [5.41, 5.74) is 0.525. The van der Waals surface area contributed by atoms with Crippen LogP contribution in [-0.4, -0.2) is 40.6 Å². The maximum Gasteiger partial charge on any atom is 0.445 e. The minimum Gasteiger partial charge on any atom is -0.466 e. The number of thioether (sulfide) groups is 1. The third kappa shape index (κ3) is 5.64. The van der Waals surface area contributed by atoms with Crippen molar-refractivity contribution in [2.24, 2.45) is 10.2 Å². The van der Waals surface area contributed by atoms with Crippen LogP contribution in [0.3, 0.4) is 0 Å². The Morgan fingerprint density at radius 1 is 1.30 bits per heavy atom. The van der Waals surface area contributed by atoms with Gasteiger partial charge in [0, 0.05) is 6.08 Å². The van der Waals surface area contributed by atoms with Crippen LogP contribution in [0.5, 0.6) is 10.9 Å². The summed E-state index contributed by atoms with van der Waals surface area (Å²) in [5, 5.41) is 15.3. The lowest BCUT2D eigenvalue weighted by Gasteiger charge is -2.01. The van der Waals surface area contributed by atoms with Gasteiger partial charge in [-0.3, -0.25) is 10.1 Å². The Hall–Kier alpha value is -3.26. The molecule has 1 aliphatic heterocycles. The predicted molar refractivity (Wildman–Crippen MR) is 102 cm³/mol. The Morgan fingerprint density at radius 3 is 2.80 bits per heavy atom. The number of ether oxygens (including phenoxy) is 2. The lowest BCUT2D eigenvalue weighted by atomic mass is 10.2. The molecule has 0 radical (unpaired) electrons. The van der Waals surface area contributed by atoms with Gasteiger partial charge in [0.05, 0.1) is 18.2 Å². The van der Waals surface area contributed by atoms with Crippen molar-refractivity contribution in [3.05, 3.63) is 45.8 Å². The molecule has 0 unspecified atom stereocenters. The van der Waals surface area contributed by atoms with E-state index in [0.29, 0.717) is 5.56 Å². The zero-order valence-corrected chi connectivity index (χ0v) is 16.5. The molecule has 30 heavy (non-hydrogen) atoms. The molecule has 9 nitrogen and oxygen atoms in total. The summed E-state index contributed by atoms with van der Waals surface area (Å²) in [4.78, 5) is 23.0. The van der Waals surface area contributed by atoms with Crippen molar-refractivity contribution in [2.45, 2.75) is 6.18 Å². The fourth-order valence-electron chi connectivity index (χ4n) is 1.91. The number of halogens is 3. The number of carbonyl (C=O) groups is 2. The number of hydrogen-bond acceptors (Lipinski definition) is 10. The molecule has 1 aliphatic rings. The molecule has 3 rings (SSSR count). The second kappa shape index (κ2) is 9.04. The highest BCUT2D eigenvalue weighted by atomic mass is 32.2. The summed E-state index contributed by atoms with van der Waals surface area (Å²) < 4.78 is 47.4. The first kappa shape index (κ1) is 21.4. The number of esters is 1. The number of carbonyl (C=O) groups excluding carboxylic acids is 2. The molecule has 1 saturated heterocycles. The molecule has 1 fully saturated rings. The first-order valence-corrected chi connectivity index (χ1v) is 9.46. The van der Waals surface area contributed by atoms with E-state index in [9.17, 15) is 22.8 Å². The number of amides is 1. The molecular formula is C16H10F3N5O4S2. The summed E-state index contributed by atoms with van der Waals surface area (Å²) in [6.45, 7) is 0.